The molecule has 1 saturated heterocycles. The van der Waals surface area contributed by atoms with Crippen LogP contribution in [0.5, 0.6) is 0 Å². The van der Waals surface area contributed by atoms with Crippen molar-refractivity contribution in [2.45, 2.75) is 25.8 Å². The van der Waals surface area contributed by atoms with Crippen LogP contribution in [0.15, 0.2) is 11.4 Å². The van der Waals surface area contributed by atoms with E-state index in [-0.39, 0.29) is 18.4 Å². The molecular formula is C15H19N3O2S. The van der Waals surface area contributed by atoms with Crippen LogP contribution in [-0.4, -0.2) is 42.4 Å². The second-order valence-electron chi connectivity index (χ2n) is 4.90. The third-order valence-electron chi connectivity index (χ3n) is 3.33. The molecule has 0 saturated carbocycles. The molecule has 112 valence electrons. The number of nitrogens with one attached hydrogen (secondary N) is 1. The van der Waals surface area contributed by atoms with Crippen molar-refractivity contribution >= 4 is 23.2 Å². The molecule has 1 aromatic heterocycles. The number of amides is 2. The third-order valence-corrected chi connectivity index (χ3v) is 4.25. The molecule has 3 N–H and O–H groups in total. The molecule has 1 atom stereocenters. The summed E-state index contributed by atoms with van der Waals surface area (Å²) in [4.78, 5) is 26.8. The average Bonchev–Trinajstić information content (AvgIpc) is 3.15. The average molecular weight is 305 g/mol. The predicted octanol–water partition coefficient (Wildman–Crippen LogP) is 0.799. The van der Waals surface area contributed by atoms with Crippen LogP contribution in [0.3, 0.4) is 0 Å². The standard InChI is InChI=1S/C15H19N3O2S/c1-11(15(20)18-8-2-3-9-18)17-14(19)13-12(5-4-7-16)6-10-21-13/h6,10-11H,2-3,7-9,16H2,1H3,(H,17,19). The van der Waals surface area contributed by atoms with Crippen molar-refractivity contribution in [2.24, 2.45) is 5.73 Å². The van der Waals surface area contributed by atoms with Crippen molar-refractivity contribution in [1.82, 2.24) is 10.2 Å². The Morgan fingerprint density at radius 2 is 2.19 bits per heavy atom. The molecule has 21 heavy (non-hydrogen) atoms. The molecule has 6 heteroatoms. The fraction of sp³-hybridized carbons (Fsp3) is 0.467. The molecule has 1 fully saturated rings. The lowest BCUT2D eigenvalue weighted by Crippen LogP contribution is -2.45. The Hall–Kier alpha value is -1.84. The highest BCUT2D eigenvalue weighted by atomic mass is 32.1. The first-order valence-electron chi connectivity index (χ1n) is 6.99. The van der Waals surface area contributed by atoms with Gasteiger partial charge in [-0.15, -0.1) is 11.3 Å². The van der Waals surface area contributed by atoms with Gasteiger partial charge >= 0.3 is 0 Å². The minimum Gasteiger partial charge on any atom is -0.341 e. The van der Waals surface area contributed by atoms with Gasteiger partial charge in [0.05, 0.1) is 6.54 Å². The van der Waals surface area contributed by atoms with Gasteiger partial charge in [-0.1, -0.05) is 11.8 Å². The Bertz CT molecular complexity index is 579. The van der Waals surface area contributed by atoms with Crippen LogP contribution in [0.4, 0.5) is 0 Å². The SMILES string of the molecule is CC(NC(=O)c1sccc1C#CCN)C(=O)N1CCCC1. The van der Waals surface area contributed by atoms with E-state index in [1.165, 1.54) is 11.3 Å². The van der Waals surface area contributed by atoms with Gasteiger partial charge in [0, 0.05) is 18.7 Å². The van der Waals surface area contributed by atoms with E-state index in [1.54, 1.807) is 17.9 Å². The quantitative estimate of drug-likeness (QED) is 0.811. The summed E-state index contributed by atoms with van der Waals surface area (Å²) in [5, 5.41) is 4.56. The molecule has 0 spiro atoms. The van der Waals surface area contributed by atoms with Crippen LogP contribution >= 0.6 is 11.3 Å². The van der Waals surface area contributed by atoms with Crippen molar-refractivity contribution in [3.8, 4) is 11.8 Å². The van der Waals surface area contributed by atoms with Gasteiger partial charge in [0.15, 0.2) is 0 Å². The van der Waals surface area contributed by atoms with Gasteiger partial charge in [-0.05, 0) is 31.2 Å². The molecule has 2 rings (SSSR count). The maximum Gasteiger partial charge on any atom is 0.263 e. The second-order valence-corrected chi connectivity index (χ2v) is 5.81. The van der Waals surface area contributed by atoms with E-state index in [0.717, 1.165) is 25.9 Å². The first-order valence-corrected chi connectivity index (χ1v) is 7.87. The summed E-state index contributed by atoms with van der Waals surface area (Å²) in [5.74, 6) is 5.33. The van der Waals surface area contributed by atoms with Gasteiger partial charge in [0.25, 0.3) is 5.91 Å². The minimum absolute atomic E-state index is 0.0213. The Kier molecular flexibility index (Phi) is 5.37. The summed E-state index contributed by atoms with van der Waals surface area (Å²) in [6.07, 6.45) is 2.08. The van der Waals surface area contributed by atoms with Gasteiger partial charge in [-0.2, -0.15) is 0 Å². The first-order chi connectivity index (χ1) is 10.1. The Balaban J connectivity index is 2.00. The van der Waals surface area contributed by atoms with Crippen molar-refractivity contribution in [3.63, 3.8) is 0 Å². The molecule has 2 amide bonds. The van der Waals surface area contributed by atoms with Crippen LogP contribution in [0, 0.1) is 11.8 Å². The molecule has 1 unspecified atom stereocenters. The lowest BCUT2D eigenvalue weighted by Gasteiger charge is -2.20. The van der Waals surface area contributed by atoms with E-state index in [2.05, 4.69) is 17.2 Å². The summed E-state index contributed by atoms with van der Waals surface area (Å²) < 4.78 is 0. The van der Waals surface area contributed by atoms with Gasteiger partial charge in [0.1, 0.15) is 10.9 Å². The zero-order chi connectivity index (χ0) is 15.2. The number of carbonyl (C=O) groups excluding carboxylic acids is 2. The molecule has 1 aromatic rings. The molecule has 1 aliphatic rings. The van der Waals surface area contributed by atoms with Crippen molar-refractivity contribution in [3.05, 3.63) is 21.9 Å². The normalized spacial score (nSPS) is 15.2. The van der Waals surface area contributed by atoms with Crippen LogP contribution in [0.2, 0.25) is 0 Å². The topological polar surface area (TPSA) is 75.4 Å². The monoisotopic (exact) mass is 305 g/mol. The molecular weight excluding hydrogens is 286 g/mol. The van der Waals surface area contributed by atoms with Crippen molar-refractivity contribution < 1.29 is 9.59 Å². The summed E-state index contributed by atoms with van der Waals surface area (Å²) >= 11 is 1.31. The van der Waals surface area contributed by atoms with E-state index in [9.17, 15) is 9.59 Å². The predicted molar refractivity (Wildman–Crippen MR) is 83.0 cm³/mol. The number of rotatable bonds is 3. The highest BCUT2D eigenvalue weighted by molar-refractivity contribution is 7.12. The molecule has 2 heterocycles. The van der Waals surface area contributed by atoms with Crippen LogP contribution < -0.4 is 11.1 Å². The maximum atomic E-state index is 12.2. The van der Waals surface area contributed by atoms with E-state index < -0.39 is 6.04 Å². The Labute approximate surface area is 128 Å². The van der Waals surface area contributed by atoms with E-state index >= 15 is 0 Å². The number of nitrogens with two attached hydrogens (primary N) is 1. The fourth-order valence-corrected chi connectivity index (χ4v) is 3.02. The second kappa shape index (κ2) is 7.25. The zero-order valence-corrected chi connectivity index (χ0v) is 12.8. The highest BCUT2D eigenvalue weighted by Crippen LogP contribution is 2.16. The van der Waals surface area contributed by atoms with E-state index in [1.807, 2.05) is 5.38 Å². The number of likely N-dealkylation sites (tertiary alicyclic amines) is 1. The van der Waals surface area contributed by atoms with Crippen LogP contribution in [0.1, 0.15) is 35.0 Å². The van der Waals surface area contributed by atoms with E-state index in [4.69, 9.17) is 5.73 Å². The largest absolute Gasteiger partial charge is 0.341 e. The summed E-state index contributed by atoms with van der Waals surface area (Å²) in [6, 6.07) is 1.27. The Morgan fingerprint density at radius 1 is 1.48 bits per heavy atom. The van der Waals surface area contributed by atoms with Gasteiger partial charge in [-0.3, -0.25) is 9.59 Å². The van der Waals surface area contributed by atoms with Crippen LogP contribution in [-0.2, 0) is 4.79 Å². The molecule has 0 aromatic carbocycles. The Morgan fingerprint density at radius 3 is 2.86 bits per heavy atom. The molecule has 1 aliphatic heterocycles. The minimum atomic E-state index is -0.520. The molecule has 0 radical (unpaired) electrons. The van der Waals surface area contributed by atoms with Crippen molar-refractivity contribution in [2.75, 3.05) is 19.6 Å². The number of hydrogen-bond donors (Lipinski definition) is 2. The van der Waals surface area contributed by atoms with Gasteiger partial charge in [-0.25, -0.2) is 0 Å². The lowest BCUT2D eigenvalue weighted by atomic mass is 10.2. The molecule has 5 nitrogen and oxygen atoms in total. The number of thiophene rings is 1. The summed E-state index contributed by atoms with van der Waals surface area (Å²) in [6.45, 7) is 3.54. The van der Waals surface area contributed by atoms with E-state index in [0.29, 0.717) is 10.4 Å². The third kappa shape index (κ3) is 3.84. The first kappa shape index (κ1) is 15.5. The molecule has 0 bridgehead atoms. The highest BCUT2D eigenvalue weighted by Gasteiger charge is 2.25. The number of carbonyl (C=O) groups is 2. The zero-order valence-electron chi connectivity index (χ0n) is 12.0. The van der Waals surface area contributed by atoms with Gasteiger partial charge in [0.2, 0.25) is 5.91 Å². The van der Waals surface area contributed by atoms with Gasteiger partial charge < -0.3 is 16.0 Å². The summed E-state index contributed by atoms with van der Waals surface area (Å²) in [5.41, 5.74) is 6.00. The summed E-state index contributed by atoms with van der Waals surface area (Å²) in [7, 11) is 0. The number of nitrogens with zero attached hydrogens (tertiary/aromatic N) is 1. The van der Waals surface area contributed by atoms with Crippen molar-refractivity contribution in [1.29, 1.82) is 0 Å². The lowest BCUT2D eigenvalue weighted by molar-refractivity contribution is -0.131. The maximum absolute atomic E-state index is 12.2. The smallest absolute Gasteiger partial charge is 0.263 e. The van der Waals surface area contributed by atoms with Crippen LogP contribution in [0.25, 0.3) is 0 Å². The molecule has 0 aliphatic carbocycles. The number of hydrogen-bond acceptors (Lipinski definition) is 4. The fourth-order valence-electron chi connectivity index (χ4n) is 2.27.